The molecule has 0 aromatic rings. The van der Waals surface area contributed by atoms with Crippen LogP contribution in [0.4, 0.5) is 0 Å². The topological polar surface area (TPSA) is 65.0 Å². The number of rotatable bonds is 7. The normalized spacial score (nSPS) is 17.0. The molecule has 0 aromatic heterocycles. The van der Waals surface area contributed by atoms with Crippen LogP contribution in [0.3, 0.4) is 0 Å². The Morgan fingerprint density at radius 3 is 2.55 bits per heavy atom. The second kappa shape index (κ2) is 11.7. The van der Waals surface area contributed by atoms with Crippen LogP contribution in [0.15, 0.2) is 4.99 Å². The lowest BCUT2D eigenvalue weighted by Crippen LogP contribution is -2.44. The SMILES string of the molecule is CCCCN(C)C(=NC)NCCS(=O)(=O)N1CCSCC1.I. The summed E-state index contributed by atoms with van der Waals surface area (Å²) in [5.74, 6) is 2.67. The summed E-state index contributed by atoms with van der Waals surface area (Å²) in [5.41, 5.74) is 0. The summed E-state index contributed by atoms with van der Waals surface area (Å²) >= 11 is 1.81. The Morgan fingerprint density at radius 1 is 1.36 bits per heavy atom. The van der Waals surface area contributed by atoms with Gasteiger partial charge in [-0.15, -0.1) is 24.0 Å². The van der Waals surface area contributed by atoms with E-state index in [0.29, 0.717) is 19.6 Å². The largest absolute Gasteiger partial charge is 0.355 e. The summed E-state index contributed by atoms with van der Waals surface area (Å²) in [5, 5.41) is 3.14. The zero-order valence-corrected chi connectivity index (χ0v) is 17.7. The van der Waals surface area contributed by atoms with E-state index in [0.717, 1.165) is 36.9 Å². The maximum absolute atomic E-state index is 12.2. The van der Waals surface area contributed by atoms with Crippen LogP contribution in [0.2, 0.25) is 0 Å². The Balaban J connectivity index is 0.00000441. The zero-order chi connectivity index (χ0) is 15.7. The summed E-state index contributed by atoms with van der Waals surface area (Å²) in [7, 11) is 0.551. The lowest BCUT2D eigenvalue weighted by atomic mass is 10.3. The molecule has 1 aliphatic rings. The molecule has 1 rings (SSSR count). The molecular formula is C13H29IN4O2S2. The van der Waals surface area contributed by atoms with Crippen molar-refractivity contribution in [2.75, 3.05) is 57.5 Å². The average Bonchev–Trinajstić information content (AvgIpc) is 2.50. The number of sulfonamides is 1. The minimum atomic E-state index is -3.15. The van der Waals surface area contributed by atoms with Crippen molar-refractivity contribution in [3.63, 3.8) is 0 Å². The van der Waals surface area contributed by atoms with Gasteiger partial charge in [-0.25, -0.2) is 12.7 Å². The fraction of sp³-hybridized carbons (Fsp3) is 0.923. The minimum Gasteiger partial charge on any atom is -0.355 e. The van der Waals surface area contributed by atoms with Crippen molar-refractivity contribution in [3.8, 4) is 0 Å². The summed E-state index contributed by atoms with van der Waals surface area (Å²) in [6, 6.07) is 0. The lowest BCUT2D eigenvalue weighted by Gasteiger charge is -2.26. The molecule has 1 N–H and O–H groups in total. The van der Waals surface area contributed by atoms with E-state index in [-0.39, 0.29) is 29.7 Å². The van der Waals surface area contributed by atoms with Crippen molar-refractivity contribution in [2.24, 2.45) is 4.99 Å². The van der Waals surface area contributed by atoms with Crippen molar-refractivity contribution in [1.29, 1.82) is 0 Å². The Hall–Kier alpha value is 0.260. The molecule has 1 fully saturated rings. The first-order chi connectivity index (χ1) is 10.0. The molecule has 1 heterocycles. The molecule has 0 radical (unpaired) electrons. The van der Waals surface area contributed by atoms with Crippen LogP contribution in [0.25, 0.3) is 0 Å². The number of unbranched alkanes of at least 4 members (excludes halogenated alkanes) is 1. The van der Waals surface area contributed by atoms with Gasteiger partial charge in [0.2, 0.25) is 10.0 Å². The van der Waals surface area contributed by atoms with Gasteiger partial charge >= 0.3 is 0 Å². The van der Waals surface area contributed by atoms with Gasteiger partial charge < -0.3 is 10.2 Å². The van der Waals surface area contributed by atoms with Crippen LogP contribution in [0, 0.1) is 0 Å². The number of nitrogens with zero attached hydrogens (tertiary/aromatic N) is 3. The number of thioether (sulfide) groups is 1. The van der Waals surface area contributed by atoms with E-state index in [4.69, 9.17) is 0 Å². The van der Waals surface area contributed by atoms with E-state index in [9.17, 15) is 8.42 Å². The maximum atomic E-state index is 12.2. The standard InChI is InChI=1S/C13H28N4O2S2.HI/c1-4-5-7-16(3)13(14-2)15-6-12-21(18,19)17-8-10-20-11-9-17;/h4-12H2,1-3H3,(H,14,15);1H. The second-order valence-corrected chi connectivity index (χ2v) is 8.39. The number of aliphatic imine (C=N–C) groups is 1. The van der Waals surface area contributed by atoms with Gasteiger partial charge in [-0.3, -0.25) is 4.99 Å². The van der Waals surface area contributed by atoms with Crippen LogP contribution in [-0.4, -0.2) is 81.1 Å². The van der Waals surface area contributed by atoms with Crippen LogP contribution < -0.4 is 5.32 Å². The predicted octanol–water partition coefficient (Wildman–Crippen LogP) is 1.29. The van der Waals surface area contributed by atoms with E-state index in [1.165, 1.54) is 0 Å². The van der Waals surface area contributed by atoms with Crippen molar-refractivity contribution < 1.29 is 8.42 Å². The molecule has 0 unspecified atom stereocenters. The zero-order valence-electron chi connectivity index (χ0n) is 13.7. The Bertz CT molecular complexity index is 426. The van der Waals surface area contributed by atoms with Crippen molar-refractivity contribution >= 4 is 51.7 Å². The third-order valence-corrected chi connectivity index (χ3v) is 6.24. The van der Waals surface area contributed by atoms with Gasteiger partial charge in [-0.1, -0.05) is 13.3 Å². The fourth-order valence-corrected chi connectivity index (χ4v) is 4.62. The van der Waals surface area contributed by atoms with Gasteiger partial charge in [0.25, 0.3) is 0 Å². The summed E-state index contributed by atoms with van der Waals surface area (Å²) < 4.78 is 26.0. The number of nitrogens with one attached hydrogen (secondary N) is 1. The molecule has 0 saturated carbocycles. The molecule has 6 nitrogen and oxygen atoms in total. The van der Waals surface area contributed by atoms with Gasteiger partial charge in [-0.05, 0) is 6.42 Å². The molecule has 0 aliphatic carbocycles. The van der Waals surface area contributed by atoms with E-state index in [2.05, 4.69) is 17.2 Å². The summed E-state index contributed by atoms with van der Waals surface area (Å²) in [6.45, 7) is 4.74. The molecule has 1 aliphatic heterocycles. The van der Waals surface area contributed by atoms with Crippen molar-refractivity contribution in [3.05, 3.63) is 0 Å². The van der Waals surface area contributed by atoms with Crippen LogP contribution >= 0.6 is 35.7 Å². The quantitative estimate of drug-likeness (QED) is 0.350. The molecule has 22 heavy (non-hydrogen) atoms. The molecule has 0 amide bonds. The number of hydrogen-bond acceptors (Lipinski definition) is 4. The van der Waals surface area contributed by atoms with Crippen molar-refractivity contribution in [2.45, 2.75) is 19.8 Å². The first-order valence-corrected chi connectivity index (χ1v) is 10.2. The number of hydrogen-bond donors (Lipinski definition) is 1. The van der Waals surface area contributed by atoms with Gasteiger partial charge in [0.15, 0.2) is 5.96 Å². The highest BCUT2D eigenvalue weighted by atomic mass is 127. The molecule has 0 aromatic carbocycles. The van der Waals surface area contributed by atoms with E-state index in [1.807, 2.05) is 23.7 Å². The third kappa shape index (κ3) is 7.69. The molecule has 132 valence electrons. The first-order valence-electron chi connectivity index (χ1n) is 7.48. The van der Waals surface area contributed by atoms with E-state index in [1.54, 1.807) is 11.4 Å². The monoisotopic (exact) mass is 464 g/mol. The third-order valence-electron chi connectivity index (χ3n) is 3.43. The molecule has 0 spiro atoms. The fourth-order valence-electron chi connectivity index (χ4n) is 2.13. The molecule has 1 saturated heterocycles. The van der Waals surface area contributed by atoms with Gasteiger partial charge in [-0.2, -0.15) is 11.8 Å². The maximum Gasteiger partial charge on any atom is 0.215 e. The molecular weight excluding hydrogens is 435 g/mol. The minimum absolute atomic E-state index is 0. The van der Waals surface area contributed by atoms with Crippen LogP contribution in [0.1, 0.15) is 19.8 Å². The average molecular weight is 464 g/mol. The first kappa shape index (κ1) is 22.3. The molecule has 9 heteroatoms. The number of guanidine groups is 1. The van der Waals surface area contributed by atoms with Crippen molar-refractivity contribution in [1.82, 2.24) is 14.5 Å². The smallest absolute Gasteiger partial charge is 0.215 e. The number of halogens is 1. The lowest BCUT2D eigenvalue weighted by molar-refractivity contribution is 0.441. The van der Waals surface area contributed by atoms with E-state index < -0.39 is 10.0 Å². The Morgan fingerprint density at radius 2 is 2.00 bits per heavy atom. The Kier molecular flexibility index (Phi) is 11.9. The van der Waals surface area contributed by atoms with Crippen LogP contribution in [-0.2, 0) is 10.0 Å². The summed E-state index contributed by atoms with van der Waals surface area (Å²) in [6.07, 6.45) is 2.23. The van der Waals surface area contributed by atoms with Gasteiger partial charge in [0.1, 0.15) is 0 Å². The molecule has 0 bridgehead atoms. The molecule has 0 atom stereocenters. The van der Waals surface area contributed by atoms with Crippen LogP contribution in [0.5, 0.6) is 0 Å². The second-order valence-electron chi connectivity index (χ2n) is 5.08. The van der Waals surface area contributed by atoms with E-state index >= 15 is 0 Å². The highest BCUT2D eigenvalue weighted by molar-refractivity contribution is 14.0. The Labute approximate surface area is 156 Å². The predicted molar refractivity (Wildman–Crippen MR) is 107 cm³/mol. The highest BCUT2D eigenvalue weighted by Gasteiger charge is 2.23. The van der Waals surface area contributed by atoms with Gasteiger partial charge in [0, 0.05) is 51.8 Å². The summed E-state index contributed by atoms with van der Waals surface area (Å²) in [4.78, 5) is 6.23. The highest BCUT2D eigenvalue weighted by Crippen LogP contribution is 2.12. The van der Waals surface area contributed by atoms with Gasteiger partial charge in [0.05, 0.1) is 5.75 Å².